The summed E-state index contributed by atoms with van der Waals surface area (Å²) in [6, 6.07) is 5.28. The van der Waals surface area contributed by atoms with E-state index in [1.165, 1.54) is 0 Å². The van der Waals surface area contributed by atoms with Crippen LogP contribution < -0.4 is 0 Å². The first-order chi connectivity index (χ1) is 8.60. The zero-order valence-corrected chi connectivity index (χ0v) is 11.8. The summed E-state index contributed by atoms with van der Waals surface area (Å²) in [6.07, 6.45) is -0.749. The molecule has 5 heteroatoms. The van der Waals surface area contributed by atoms with Crippen molar-refractivity contribution in [3.63, 3.8) is 0 Å². The van der Waals surface area contributed by atoms with Gasteiger partial charge in [0.25, 0.3) is 5.91 Å². The van der Waals surface area contributed by atoms with Crippen molar-refractivity contribution in [3.8, 4) is 0 Å². The minimum Gasteiger partial charge on any atom is -0.354 e. The van der Waals surface area contributed by atoms with E-state index >= 15 is 0 Å². The van der Waals surface area contributed by atoms with Crippen molar-refractivity contribution in [3.05, 3.63) is 33.8 Å². The Morgan fingerprint density at radius 2 is 1.83 bits per heavy atom. The first kappa shape index (κ1) is 13.7. The predicted molar refractivity (Wildman–Crippen MR) is 72.0 cm³/mol. The summed E-state index contributed by atoms with van der Waals surface area (Å²) < 4.78 is 5.45. The number of halogens is 2. The summed E-state index contributed by atoms with van der Waals surface area (Å²) in [5.74, 6) is 0.000913. The van der Waals surface area contributed by atoms with Crippen LogP contribution in [0.2, 0.25) is 10.0 Å². The molecular weight excluding hydrogens is 273 g/mol. The standard InChI is InChI=1S/C13H15Cl2NO2/c1-3-16(4-2)13(17)12-11(18-12)10-8(14)6-5-7-9(10)15/h5-7,11-12H,3-4H2,1-2H3/t11-,12+/m1/s1. The Balaban J connectivity index is 2.14. The number of amides is 1. The molecule has 1 saturated heterocycles. The number of hydrogen-bond donors (Lipinski definition) is 0. The van der Waals surface area contributed by atoms with Gasteiger partial charge in [0.2, 0.25) is 0 Å². The molecule has 2 atom stereocenters. The van der Waals surface area contributed by atoms with Crippen LogP contribution in [0.5, 0.6) is 0 Å². The fourth-order valence-corrected chi connectivity index (χ4v) is 2.63. The highest BCUT2D eigenvalue weighted by atomic mass is 35.5. The fourth-order valence-electron chi connectivity index (χ4n) is 2.02. The Morgan fingerprint density at radius 3 is 2.33 bits per heavy atom. The second-order valence-electron chi connectivity index (χ2n) is 4.12. The van der Waals surface area contributed by atoms with Crippen LogP contribution in [0.15, 0.2) is 18.2 Å². The number of epoxide rings is 1. The molecule has 1 aliphatic heterocycles. The van der Waals surface area contributed by atoms with Crippen molar-refractivity contribution in [2.75, 3.05) is 13.1 Å². The molecule has 0 aromatic heterocycles. The smallest absolute Gasteiger partial charge is 0.254 e. The van der Waals surface area contributed by atoms with E-state index in [-0.39, 0.29) is 12.0 Å². The quantitative estimate of drug-likeness (QED) is 0.796. The van der Waals surface area contributed by atoms with Crippen LogP contribution >= 0.6 is 23.2 Å². The summed E-state index contributed by atoms with van der Waals surface area (Å²) in [5.41, 5.74) is 0.714. The third-order valence-electron chi connectivity index (χ3n) is 3.09. The topological polar surface area (TPSA) is 32.8 Å². The molecule has 0 saturated carbocycles. The zero-order chi connectivity index (χ0) is 13.3. The van der Waals surface area contributed by atoms with Gasteiger partial charge >= 0.3 is 0 Å². The van der Waals surface area contributed by atoms with Gasteiger partial charge in [-0.05, 0) is 26.0 Å². The fraction of sp³-hybridized carbons (Fsp3) is 0.462. The predicted octanol–water partition coefficient (Wildman–Crippen LogP) is 3.30. The van der Waals surface area contributed by atoms with Crippen LogP contribution in [0.4, 0.5) is 0 Å². The zero-order valence-electron chi connectivity index (χ0n) is 10.3. The van der Waals surface area contributed by atoms with Crippen LogP contribution in [0.3, 0.4) is 0 Å². The lowest BCUT2D eigenvalue weighted by molar-refractivity contribution is -0.132. The summed E-state index contributed by atoms with van der Waals surface area (Å²) in [7, 11) is 0. The van der Waals surface area contributed by atoms with Gasteiger partial charge in [0.05, 0.1) is 0 Å². The molecule has 3 nitrogen and oxygen atoms in total. The first-order valence-corrected chi connectivity index (χ1v) is 6.73. The Morgan fingerprint density at radius 1 is 1.28 bits per heavy atom. The van der Waals surface area contributed by atoms with Crippen LogP contribution in [0.25, 0.3) is 0 Å². The van der Waals surface area contributed by atoms with E-state index in [0.717, 1.165) is 0 Å². The third-order valence-corrected chi connectivity index (χ3v) is 3.75. The molecule has 18 heavy (non-hydrogen) atoms. The number of ether oxygens (including phenoxy) is 1. The van der Waals surface area contributed by atoms with Crippen LogP contribution in [-0.4, -0.2) is 30.0 Å². The number of carbonyl (C=O) groups excluding carboxylic acids is 1. The molecule has 1 fully saturated rings. The Hall–Kier alpha value is -0.770. The number of benzene rings is 1. The number of likely N-dealkylation sites (N-methyl/N-ethyl adjacent to an activating group) is 1. The van der Waals surface area contributed by atoms with Gasteiger partial charge in [-0.15, -0.1) is 0 Å². The highest BCUT2D eigenvalue weighted by Crippen LogP contribution is 2.45. The lowest BCUT2D eigenvalue weighted by Crippen LogP contribution is -2.34. The first-order valence-electron chi connectivity index (χ1n) is 5.98. The van der Waals surface area contributed by atoms with Crippen LogP contribution in [0, 0.1) is 0 Å². The van der Waals surface area contributed by atoms with E-state index in [1.54, 1.807) is 23.1 Å². The molecule has 0 radical (unpaired) electrons. The maximum Gasteiger partial charge on any atom is 0.254 e. The van der Waals surface area contributed by atoms with Gasteiger partial charge in [-0.25, -0.2) is 0 Å². The normalized spacial score (nSPS) is 21.8. The van der Waals surface area contributed by atoms with Crippen molar-refractivity contribution in [1.82, 2.24) is 4.90 Å². The molecule has 1 heterocycles. The molecule has 1 aromatic carbocycles. The summed E-state index contributed by atoms with van der Waals surface area (Å²) in [4.78, 5) is 13.8. The van der Waals surface area contributed by atoms with Gasteiger partial charge in [-0.1, -0.05) is 29.3 Å². The minimum absolute atomic E-state index is 0.000913. The molecule has 0 aliphatic carbocycles. The van der Waals surface area contributed by atoms with Gasteiger partial charge in [0, 0.05) is 28.7 Å². The second-order valence-corrected chi connectivity index (χ2v) is 4.94. The summed E-state index contributed by atoms with van der Waals surface area (Å²) in [6.45, 7) is 5.25. The maximum absolute atomic E-state index is 12.1. The monoisotopic (exact) mass is 287 g/mol. The number of hydrogen-bond acceptors (Lipinski definition) is 2. The lowest BCUT2D eigenvalue weighted by Gasteiger charge is -2.17. The number of nitrogens with zero attached hydrogens (tertiary/aromatic N) is 1. The minimum atomic E-state index is -0.442. The van der Waals surface area contributed by atoms with Gasteiger partial charge in [0.1, 0.15) is 6.10 Å². The highest BCUT2D eigenvalue weighted by molar-refractivity contribution is 6.36. The third kappa shape index (κ3) is 2.48. The molecule has 1 aliphatic rings. The molecule has 0 unspecified atom stereocenters. The SMILES string of the molecule is CCN(CC)C(=O)[C@H]1O[C@@H]1c1c(Cl)cccc1Cl. The molecule has 1 aromatic rings. The van der Waals surface area contributed by atoms with Crippen molar-refractivity contribution >= 4 is 29.1 Å². The van der Waals surface area contributed by atoms with Crippen molar-refractivity contribution in [1.29, 1.82) is 0 Å². The van der Waals surface area contributed by atoms with E-state index in [1.807, 2.05) is 13.8 Å². The Bertz CT molecular complexity index is 440. The van der Waals surface area contributed by atoms with Crippen LogP contribution in [-0.2, 0) is 9.53 Å². The average molecular weight is 288 g/mol. The van der Waals surface area contributed by atoms with E-state index in [4.69, 9.17) is 27.9 Å². The molecule has 98 valence electrons. The molecule has 1 amide bonds. The van der Waals surface area contributed by atoms with Gasteiger partial charge in [0.15, 0.2) is 6.10 Å². The summed E-state index contributed by atoms with van der Waals surface area (Å²) in [5, 5.41) is 1.09. The lowest BCUT2D eigenvalue weighted by atomic mass is 10.1. The van der Waals surface area contributed by atoms with Crippen LogP contribution in [0.1, 0.15) is 25.5 Å². The van der Waals surface area contributed by atoms with E-state index in [9.17, 15) is 4.79 Å². The van der Waals surface area contributed by atoms with Gasteiger partial charge in [-0.3, -0.25) is 4.79 Å². The van der Waals surface area contributed by atoms with Crippen molar-refractivity contribution in [2.24, 2.45) is 0 Å². The van der Waals surface area contributed by atoms with Gasteiger partial charge < -0.3 is 9.64 Å². The number of carbonyl (C=O) groups is 1. The molecule has 2 rings (SSSR count). The molecule has 0 bridgehead atoms. The summed E-state index contributed by atoms with van der Waals surface area (Å²) >= 11 is 12.2. The Kier molecular flexibility index (Phi) is 4.15. The van der Waals surface area contributed by atoms with E-state index in [0.29, 0.717) is 28.7 Å². The highest BCUT2D eigenvalue weighted by Gasteiger charge is 2.49. The Labute approximate surface area is 117 Å². The van der Waals surface area contributed by atoms with Gasteiger partial charge in [-0.2, -0.15) is 0 Å². The molecular formula is C13H15Cl2NO2. The number of rotatable bonds is 4. The average Bonchev–Trinajstić information content (AvgIpc) is 3.10. The van der Waals surface area contributed by atoms with E-state index in [2.05, 4.69) is 0 Å². The van der Waals surface area contributed by atoms with E-state index < -0.39 is 6.10 Å². The molecule has 0 spiro atoms. The maximum atomic E-state index is 12.1. The second kappa shape index (κ2) is 5.47. The van der Waals surface area contributed by atoms with Crippen molar-refractivity contribution in [2.45, 2.75) is 26.1 Å². The largest absolute Gasteiger partial charge is 0.354 e. The molecule has 0 N–H and O–H groups in total. The van der Waals surface area contributed by atoms with Crippen molar-refractivity contribution < 1.29 is 9.53 Å².